The Morgan fingerprint density at radius 2 is 1.62 bits per heavy atom. The molecule has 0 amide bonds. The fourth-order valence-corrected chi connectivity index (χ4v) is 4.24. The van der Waals surface area contributed by atoms with Crippen molar-refractivity contribution in [2.45, 2.75) is 53.4 Å². The predicted molar refractivity (Wildman–Crippen MR) is 97.9 cm³/mol. The van der Waals surface area contributed by atoms with Crippen LogP contribution in [0.2, 0.25) is 0 Å². The summed E-state index contributed by atoms with van der Waals surface area (Å²) in [4.78, 5) is 0. The van der Waals surface area contributed by atoms with Crippen molar-refractivity contribution in [1.29, 1.82) is 0 Å². The van der Waals surface area contributed by atoms with Gasteiger partial charge in [0.1, 0.15) is 11.5 Å². The van der Waals surface area contributed by atoms with Crippen LogP contribution in [0, 0.1) is 13.8 Å². The zero-order chi connectivity index (χ0) is 17.4. The Bertz CT molecular complexity index is 773. The van der Waals surface area contributed by atoms with Gasteiger partial charge in [0.2, 0.25) is 0 Å². The van der Waals surface area contributed by atoms with E-state index in [1.54, 1.807) is 0 Å². The van der Waals surface area contributed by atoms with Crippen LogP contribution in [0.3, 0.4) is 0 Å². The van der Waals surface area contributed by atoms with Crippen LogP contribution >= 0.6 is 8.69 Å². The predicted octanol–water partition coefficient (Wildman–Crippen LogP) is 6.55. The van der Waals surface area contributed by atoms with E-state index in [1.165, 1.54) is 5.56 Å². The molecule has 3 rings (SSSR count). The topological polar surface area (TPSA) is 18.5 Å². The highest BCUT2D eigenvalue weighted by Crippen LogP contribution is 2.52. The molecule has 2 aromatic carbocycles. The first-order valence-electron chi connectivity index (χ1n) is 8.53. The summed E-state index contributed by atoms with van der Waals surface area (Å²) < 4.78 is 25.7. The van der Waals surface area contributed by atoms with Crippen molar-refractivity contribution in [3.8, 4) is 11.5 Å². The number of rotatable bonds is 2. The smallest absolute Gasteiger partial charge is 0.414 e. The van der Waals surface area contributed by atoms with Gasteiger partial charge in [-0.2, -0.15) is 0 Å². The first kappa shape index (κ1) is 17.2. The van der Waals surface area contributed by atoms with Crippen molar-refractivity contribution in [2.24, 2.45) is 0 Å². The Morgan fingerprint density at radius 1 is 0.958 bits per heavy atom. The Kier molecular flexibility index (Phi) is 4.83. The van der Waals surface area contributed by atoms with E-state index in [0.29, 0.717) is 11.5 Å². The summed E-state index contributed by atoms with van der Waals surface area (Å²) in [6.45, 7) is 10.4. The second kappa shape index (κ2) is 6.72. The number of halogens is 1. The minimum atomic E-state index is -2.49. The van der Waals surface area contributed by atoms with Crippen molar-refractivity contribution < 1.29 is 13.2 Å². The van der Waals surface area contributed by atoms with Gasteiger partial charge in [0, 0.05) is 17.0 Å². The van der Waals surface area contributed by atoms with Crippen molar-refractivity contribution in [3.63, 3.8) is 0 Å². The van der Waals surface area contributed by atoms with Gasteiger partial charge in [-0.3, -0.25) is 0 Å². The van der Waals surface area contributed by atoms with Gasteiger partial charge in [-0.05, 0) is 43.4 Å². The molecule has 0 bridgehead atoms. The molecule has 2 atom stereocenters. The fourth-order valence-electron chi connectivity index (χ4n) is 3.44. The first-order chi connectivity index (χ1) is 11.4. The number of hydrogen-bond acceptors (Lipinski definition) is 2. The summed E-state index contributed by atoms with van der Waals surface area (Å²) in [6, 6.07) is 8.42. The molecule has 0 fully saturated rings. The molecule has 0 saturated heterocycles. The van der Waals surface area contributed by atoms with Crippen molar-refractivity contribution in [2.75, 3.05) is 0 Å². The second-order valence-electron chi connectivity index (χ2n) is 6.50. The quantitative estimate of drug-likeness (QED) is 0.574. The molecular weight excluding hydrogens is 322 g/mol. The summed E-state index contributed by atoms with van der Waals surface area (Å²) in [5, 5.41) is 0. The summed E-state index contributed by atoms with van der Waals surface area (Å²) in [5.74, 6) is 1.39. The van der Waals surface area contributed by atoms with Gasteiger partial charge in [0.15, 0.2) is 0 Å². The highest BCUT2D eigenvalue weighted by Gasteiger charge is 2.29. The Labute approximate surface area is 145 Å². The summed E-state index contributed by atoms with van der Waals surface area (Å²) in [5.41, 5.74) is 6.53. The molecule has 1 aliphatic heterocycles. The Balaban J connectivity index is 2.27. The Morgan fingerprint density at radius 3 is 2.29 bits per heavy atom. The molecular formula is C20H24FO2P. The van der Waals surface area contributed by atoms with E-state index >= 15 is 0 Å². The lowest BCUT2D eigenvalue weighted by molar-refractivity contribution is 0.421. The van der Waals surface area contributed by atoms with Crippen LogP contribution in [0.4, 0.5) is 4.20 Å². The van der Waals surface area contributed by atoms with E-state index < -0.39 is 8.69 Å². The average molecular weight is 346 g/mol. The molecule has 128 valence electrons. The van der Waals surface area contributed by atoms with Crippen LogP contribution in [0.15, 0.2) is 24.3 Å². The lowest BCUT2D eigenvalue weighted by Crippen LogP contribution is -2.10. The number of hydrogen-bond donors (Lipinski definition) is 0. The van der Waals surface area contributed by atoms with E-state index in [2.05, 4.69) is 45.9 Å². The largest absolute Gasteiger partial charge is 0.505 e. The molecule has 2 aromatic rings. The third-order valence-electron chi connectivity index (χ3n) is 4.75. The highest BCUT2D eigenvalue weighted by atomic mass is 31.2. The molecule has 0 spiro atoms. The zero-order valence-electron chi connectivity index (χ0n) is 14.9. The fraction of sp³-hybridized carbons (Fsp3) is 0.400. The van der Waals surface area contributed by atoms with Gasteiger partial charge in [-0.1, -0.05) is 50.6 Å². The van der Waals surface area contributed by atoms with E-state index in [-0.39, 0.29) is 5.92 Å². The van der Waals surface area contributed by atoms with Crippen LogP contribution < -0.4 is 9.05 Å². The van der Waals surface area contributed by atoms with Gasteiger partial charge in [0.25, 0.3) is 0 Å². The molecule has 0 radical (unpaired) electrons. The monoisotopic (exact) mass is 346 g/mol. The first-order valence-corrected chi connectivity index (χ1v) is 9.60. The maximum absolute atomic E-state index is 14.5. The molecule has 4 heteroatoms. The molecule has 0 aromatic heterocycles. The minimum absolute atomic E-state index is 0.0918. The van der Waals surface area contributed by atoms with Crippen LogP contribution in [0.1, 0.15) is 60.1 Å². The number of fused-ring (bicyclic) bond motifs is 2. The summed E-state index contributed by atoms with van der Waals surface area (Å²) >= 11 is 0. The molecule has 0 saturated carbocycles. The summed E-state index contributed by atoms with van der Waals surface area (Å²) in [6.07, 6.45) is 1.76. The van der Waals surface area contributed by atoms with E-state index in [4.69, 9.17) is 9.05 Å². The molecule has 1 aliphatic rings. The van der Waals surface area contributed by atoms with Crippen molar-refractivity contribution in [3.05, 3.63) is 57.6 Å². The SMILES string of the molecule is CCc1cc(CC)c2c(c1)C(C)c1cc(C)cc(C)c1OP(F)O2. The molecule has 1 heterocycles. The van der Waals surface area contributed by atoms with Gasteiger partial charge in [0.05, 0.1) is 0 Å². The molecule has 0 aliphatic carbocycles. The molecule has 0 N–H and O–H groups in total. The van der Waals surface area contributed by atoms with Gasteiger partial charge in [-0.15, -0.1) is 4.20 Å². The maximum atomic E-state index is 14.5. The third-order valence-corrected chi connectivity index (χ3v) is 5.40. The molecule has 24 heavy (non-hydrogen) atoms. The minimum Gasteiger partial charge on any atom is -0.414 e. The summed E-state index contributed by atoms with van der Waals surface area (Å²) in [7, 11) is -2.49. The standard InChI is InChI=1S/C20H24FO2P/c1-6-15-10-16(7-2)20-18(11-15)14(5)17-9-12(3)8-13(4)19(17)22-24(21)23-20/h8-11,14H,6-7H2,1-5H3. The zero-order valence-corrected chi connectivity index (χ0v) is 15.8. The highest BCUT2D eigenvalue weighted by molar-refractivity contribution is 7.42. The van der Waals surface area contributed by atoms with Crippen molar-refractivity contribution >= 4 is 8.69 Å². The van der Waals surface area contributed by atoms with Crippen LogP contribution in [0.25, 0.3) is 0 Å². The van der Waals surface area contributed by atoms with Gasteiger partial charge < -0.3 is 9.05 Å². The lowest BCUT2D eigenvalue weighted by atomic mass is 9.86. The van der Waals surface area contributed by atoms with E-state index in [1.807, 2.05) is 13.0 Å². The van der Waals surface area contributed by atoms with Gasteiger partial charge in [-0.25, -0.2) is 0 Å². The van der Waals surface area contributed by atoms with Crippen LogP contribution in [-0.4, -0.2) is 0 Å². The molecule has 2 unspecified atom stereocenters. The molecule has 2 nitrogen and oxygen atoms in total. The lowest BCUT2D eigenvalue weighted by Gasteiger charge is -2.27. The number of benzene rings is 2. The van der Waals surface area contributed by atoms with E-state index in [9.17, 15) is 4.20 Å². The Hall–Kier alpha value is -1.60. The average Bonchev–Trinajstić information content (AvgIpc) is 2.55. The van der Waals surface area contributed by atoms with Crippen LogP contribution in [0.5, 0.6) is 11.5 Å². The van der Waals surface area contributed by atoms with Gasteiger partial charge >= 0.3 is 8.69 Å². The second-order valence-corrected chi connectivity index (χ2v) is 7.29. The third kappa shape index (κ3) is 3.02. The van der Waals surface area contributed by atoms with E-state index in [0.717, 1.165) is 40.7 Å². The normalized spacial score (nSPS) is 19.4. The van der Waals surface area contributed by atoms with Crippen molar-refractivity contribution in [1.82, 2.24) is 0 Å². The van der Waals surface area contributed by atoms with Crippen LogP contribution in [-0.2, 0) is 12.8 Å². The number of aryl methyl sites for hydroxylation is 4. The maximum Gasteiger partial charge on any atom is 0.505 e.